The summed E-state index contributed by atoms with van der Waals surface area (Å²) in [5.74, 6) is 0.879. The van der Waals surface area contributed by atoms with E-state index in [0.717, 1.165) is 19.4 Å². The van der Waals surface area contributed by atoms with Gasteiger partial charge in [0.2, 0.25) is 5.91 Å². The highest BCUT2D eigenvalue weighted by atomic mass is 35.5. The summed E-state index contributed by atoms with van der Waals surface area (Å²) in [6.07, 6.45) is 2.04. The summed E-state index contributed by atoms with van der Waals surface area (Å²) >= 11 is 0. The molecule has 0 aromatic carbocycles. The van der Waals surface area contributed by atoms with E-state index in [1.54, 1.807) is 4.90 Å². The predicted molar refractivity (Wildman–Crippen MR) is 71.8 cm³/mol. The normalized spacial score (nSPS) is 15.9. The second-order valence-electron chi connectivity index (χ2n) is 4.64. The summed E-state index contributed by atoms with van der Waals surface area (Å²) in [5, 5.41) is 0. The Hall–Kier alpha value is -0.280. The Morgan fingerprint density at radius 2 is 1.75 bits per heavy atom. The molecular weight excluding hydrogens is 224 g/mol. The van der Waals surface area contributed by atoms with E-state index in [2.05, 4.69) is 20.8 Å². The quantitative estimate of drug-likeness (QED) is 0.786. The Labute approximate surface area is 106 Å². The van der Waals surface area contributed by atoms with Gasteiger partial charge >= 0.3 is 0 Å². The van der Waals surface area contributed by atoms with E-state index in [-0.39, 0.29) is 30.3 Å². The molecule has 0 bridgehead atoms. The number of amides is 1. The lowest BCUT2D eigenvalue weighted by Crippen LogP contribution is -2.46. The first-order valence-electron chi connectivity index (χ1n) is 5.94. The van der Waals surface area contributed by atoms with Crippen molar-refractivity contribution in [3.63, 3.8) is 0 Å². The number of halogens is 1. The third kappa shape index (κ3) is 5.71. The molecule has 3 unspecified atom stereocenters. The lowest BCUT2D eigenvalue weighted by molar-refractivity contribution is -0.132. The second-order valence-corrected chi connectivity index (χ2v) is 4.64. The van der Waals surface area contributed by atoms with E-state index in [9.17, 15) is 4.79 Å². The summed E-state index contributed by atoms with van der Waals surface area (Å²) < 4.78 is 0. The monoisotopic (exact) mass is 250 g/mol. The molecule has 0 spiro atoms. The van der Waals surface area contributed by atoms with Crippen molar-refractivity contribution in [2.75, 3.05) is 13.6 Å². The first-order valence-corrected chi connectivity index (χ1v) is 5.94. The molecule has 0 fully saturated rings. The number of rotatable bonds is 6. The predicted octanol–water partition coefficient (Wildman–Crippen LogP) is 2.29. The highest BCUT2D eigenvalue weighted by molar-refractivity contribution is 5.85. The molecule has 0 saturated heterocycles. The molecule has 2 N–H and O–H groups in total. The maximum Gasteiger partial charge on any atom is 0.239 e. The summed E-state index contributed by atoms with van der Waals surface area (Å²) in [4.78, 5) is 13.7. The fourth-order valence-corrected chi connectivity index (χ4v) is 1.44. The van der Waals surface area contributed by atoms with Gasteiger partial charge in [-0.05, 0) is 11.8 Å². The first kappa shape index (κ1) is 18.1. The van der Waals surface area contributed by atoms with Crippen LogP contribution in [0.3, 0.4) is 0 Å². The van der Waals surface area contributed by atoms with Crippen molar-refractivity contribution in [1.29, 1.82) is 0 Å². The second kappa shape index (κ2) is 8.82. The number of nitrogens with two attached hydrogens (primary N) is 1. The average molecular weight is 251 g/mol. The van der Waals surface area contributed by atoms with Crippen LogP contribution in [0.2, 0.25) is 0 Å². The lowest BCUT2D eigenvalue weighted by Gasteiger charge is -2.26. The third-order valence-electron chi connectivity index (χ3n) is 3.20. The molecule has 3 nitrogen and oxygen atoms in total. The molecule has 1 amide bonds. The molecule has 0 saturated carbocycles. The van der Waals surface area contributed by atoms with Crippen LogP contribution in [0.5, 0.6) is 0 Å². The van der Waals surface area contributed by atoms with Crippen molar-refractivity contribution >= 4 is 18.3 Å². The van der Waals surface area contributed by atoms with Crippen molar-refractivity contribution in [2.24, 2.45) is 17.6 Å². The Bertz CT molecular complexity index is 199. The SMILES string of the molecule is CCC(C)CN(C)C(=O)C(N)C(C)CC.Cl. The van der Waals surface area contributed by atoms with Gasteiger partial charge in [0, 0.05) is 13.6 Å². The zero-order valence-corrected chi connectivity index (χ0v) is 12.0. The van der Waals surface area contributed by atoms with Gasteiger partial charge in [-0.2, -0.15) is 0 Å². The Balaban J connectivity index is 0. The minimum absolute atomic E-state index is 0. The number of nitrogens with zero attached hydrogens (tertiary/aromatic N) is 1. The number of likely N-dealkylation sites (N-methyl/N-ethyl adjacent to an activating group) is 1. The van der Waals surface area contributed by atoms with Gasteiger partial charge in [0.1, 0.15) is 0 Å². The van der Waals surface area contributed by atoms with Crippen molar-refractivity contribution in [3.05, 3.63) is 0 Å². The number of carbonyl (C=O) groups excluding carboxylic acids is 1. The van der Waals surface area contributed by atoms with Gasteiger partial charge in [0.05, 0.1) is 6.04 Å². The van der Waals surface area contributed by atoms with Gasteiger partial charge in [0.15, 0.2) is 0 Å². The van der Waals surface area contributed by atoms with E-state index in [0.29, 0.717) is 5.92 Å². The fraction of sp³-hybridized carbons (Fsp3) is 0.917. The molecular formula is C12H27ClN2O. The standard InChI is InChI=1S/C12H26N2O.ClH/c1-6-9(3)8-14(5)12(15)11(13)10(4)7-2;/h9-11H,6-8,13H2,1-5H3;1H. The third-order valence-corrected chi connectivity index (χ3v) is 3.20. The fourth-order valence-electron chi connectivity index (χ4n) is 1.44. The highest BCUT2D eigenvalue weighted by Crippen LogP contribution is 2.09. The number of carbonyl (C=O) groups is 1. The van der Waals surface area contributed by atoms with Crippen LogP contribution in [0.4, 0.5) is 0 Å². The van der Waals surface area contributed by atoms with E-state index in [4.69, 9.17) is 5.73 Å². The maximum absolute atomic E-state index is 11.9. The van der Waals surface area contributed by atoms with Crippen LogP contribution in [0.1, 0.15) is 40.5 Å². The van der Waals surface area contributed by atoms with Gasteiger partial charge in [-0.1, -0.05) is 40.5 Å². The zero-order chi connectivity index (χ0) is 12.0. The summed E-state index contributed by atoms with van der Waals surface area (Å²) in [6, 6.07) is -0.343. The van der Waals surface area contributed by atoms with Crippen LogP contribution in [0, 0.1) is 11.8 Å². The molecule has 0 aromatic rings. The van der Waals surface area contributed by atoms with E-state index in [1.807, 2.05) is 14.0 Å². The summed E-state index contributed by atoms with van der Waals surface area (Å²) in [5.41, 5.74) is 5.90. The first-order chi connectivity index (χ1) is 6.93. The maximum atomic E-state index is 11.9. The number of hydrogen-bond donors (Lipinski definition) is 1. The Morgan fingerprint density at radius 3 is 2.12 bits per heavy atom. The van der Waals surface area contributed by atoms with E-state index < -0.39 is 0 Å². The van der Waals surface area contributed by atoms with E-state index >= 15 is 0 Å². The van der Waals surface area contributed by atoms with Crippen LogP contribution in [-0.4, -0.2) is 30.4 Å². The molecule has 0 radical (unpaired) electrons. The molecule has 16 heavy (non-hydrogen) atoms. The van der Waals surface area contributed by atoms with Gasteiger partial charge in [-0.3, -0.25) is 4.79 Å². The molecule has 0 rings (SSSR count). The van der Waals surface area contributed by atoms with Crippen LogP contribution in [-0.2, 0) is 4.79 Å². The van der Waals surface area contributed by atoms with Gasteiger partial charge in [-0.15, -0.1) is 12.4 Å². The molecule has 3 atom stereocenters. The average Bonchev–Trinajstić information content (AvgIpc) is 2.25. The Morgan fingerprint density at radius 1 is 1.25 bits per heavy atom. The Kier molecular flexibility index (Phi) is 9.98. The van der Waals surface area contributed by atoms with Crippen LogP contribution < -0.4 is 5.73 Å². The highest BCUT2D eigenvalue weighted by Gasteiger charge is 2.23. The minimum atomic E-state index is -0.343. The topological polar surface area (TPSA) is 46.3 Å². The number of hydrogen-bond acceptors (Lipinski definition) is 2. The molecule has 0 aliphatic heterocycles. The van der Waals surface area contributed by atoms with Crippen LogP contribution >= 0.6 is 12.4 Å². The smallest absolute Gasteiger partial charge is 0.239 e. The molecule has 4 heteroatoms. The van der Waals surface area contributed by atoms with Gasteiger partial charge < -0.3 is 10.6 Å². The van der Waals surface area contributed by atoms with Crippen molar-refractivity contribution in [3.8, 4) is 0 Å². The molecule has 0 heterocycles. The van der Waals surface area contributed by atoms with Crippen LogP contribution in [0.25, 0.3) is 0 Å². The van der Waals surface area contributed by atoms with Crippen molar-refractivity contribution in [2.45, 2.75) is 46.6 Å². The van der Waals surface area contributed by atoms with E-state index in [1.165, 1.54) is 0 Å². The summed E-state index contributed by atoms with van der Waals surface area (Å²) in [7, 11) is 1.84. The van der Waals surface area contributed by atoms with Gasteiger partial charge in [0.25, 0.3) is 0 Å². The van der Waals surface area contributed by atoms with Gasteiger partial charge in [-0.25, -0.2) is 0 Å². The zero-order valence-electron chi connectivity index (χ0n) is 11.2. The summed E-state index contributed by atoms with van der Waals surface area (Å²) in [6.45, 7) is 9.18. The molecule has 0 aliphatic carbocycles. The largest absolute Gasteiger partial charge is 0.344 e. The molecule has 0 aliphatic rings. The van der Waals surface area contributed by atoms with Crippen molar-refractivity contribution < 1.29 is 4.79 Å². The van der Waals surface area contributed by atoms with Crippen LogP contribution in [0.15, 0.2) is 0 Å². The van der Waals surface area contributed by atoms with Crippen molar-refractivity contribution in [1.82, 2.24) is 4.90 Å². The lowest BCUT2D eigenvalue weighted by atomic mass is 9.98. The minimum Gasteiger partial charge on any atom is -0.344 e. The molecule has 98 valence electrons. The molecule has 0 aromatic heterocycles.